The molecule has 0 bridgehead atoms. The van der Waals surface area contributed by atoms with Gasteiger partial charge in [0.15, 0.2) is 11.1 Å². The first-order valence-corrected chi connectivity index (χ1v) is 8.80. The first-order chi connectivity index (χ1) is 11.4. The average molecular weight is 418 g/mol. The van der Waals surface area contributed by atoms with Gasteiger partial charge in [-0.05, 0) is 26.7 Å². The maximum Gasteiger partial charge on any atom is 0.459 e. The number of alkyl halides is 8. The Labute approximate surface area is 149 Å². The van der Waals surface area contributed by atoms with Crippen LogP contribution in [0.4, 0.5) is 35.1 Å². The van der Waals surface area contributed by atoms with E-state index in [1.165, 1.54) is 26.0 Å². The summed E-state index contributed by atoms with van der Waals surface area (Å²) in [6.45, 7) is 3.32. The van der Waals surface area contributed by atoms with Crippen molar-refractivity contribution in [1.82, 2.24) is 0 Å². The van der Waals surface area contributed by atoms with Crippen LogP contribution in [0.2, 0.25) is 0 Å². The fraction of sp³-hybridized carbons (Fsp3) is 0.867. The van der Waals surface area contributed by atoms with Crippen molar-refractivity contribution in [3.8, 4) is 0 Å². The zero-order valence-corrected chi connectivity index (χ0v) is 15.5. The van der Waals surface area contributed by atoms with E-state index in [1.54, 1.807) is 0 Å². The summed E-state index contributed by atoms with van der Waals surface area (Å²) in [5.41, 5.74) is -4.47. The van der Waals surface area contributed by atoms with E-state index in [-0.39, 0.29) is 13.0 Å². The lowest BCUT2D eigenvalue weighted by Gasteiger charge is -2.38. The smallest absolute Gasteiger partial charge is 0.291 e. The fourth-order valence-electron chi connectivity index (χ4n) is 1.75. The van der Waals surface area contributed by atoms with Crippen molar-refractivity contribution in [2.45, 2.75) is 64.2 Å². The van der Waals surface area contributed by atoms with Gasteiger partial charge in [0, 0.05) is 5.41 Å². The van der Waals surface area contributed by atoms with Crippen molar-refractivity contribution < 1.29 is 43.5 Å². The van der Waals surface area contributed by atoms with Gasteiger partial charge in [0.2, 0.25) is 0 Å². The van der Waals surface area contributed by atoms with Crippen LogP contribution in [-0.4, -0.2) is 40.3 Å². The van der Waals surface area contributed by atoms with Crippen LogP contribution < -0.4 is 0 Å². The van der Waals surface area contributed by atoms with Crippen LogP contribution >= 0.6 is 0 Å². The Morgan fingerprint density at radius 3 is 1.81 bits per heavy atom. The molecule has 0 aromatic heterocycles. The average Bonchev–Trinajstić information content (AvgIpc) is 2.39. The van der Waals surface area contributed by atoms with Crippen LogP contribution in [-0.2, 0) is 15.3 Å². The molecule has 156 valence electrons. The molecule has 0 radical (unpaired) electrons. The topological polar surface area (TPSA) is 26.3 Å². The molecule has 0 rings (SSSR count). The van der Waals surface area contributed by atoms with Gasteiger partial charge >= 0.3 is 18.0 Å². The Balaban J connectivity index is 4.71. The second-order valence-corrected chi connectivity index (χ2v) is 8.04. The molecule has 0 aliphatic heterocycles. The predicted octanol–water partition coefficient (Wildman–Crippen LogP) is 5.61. The number of hydrogen-bond donors (Lipinski definition) is 0. The quantitative estimate of drug-likeness (QED) is 0.262. The first-order valence-electron chi connectivity index (χ1n) is 7.56. The Kier molecular flexibility index (Phi) is 8.30. The van der Waals surface area contributed by atoms with E-state index < -0.39 is 45.9 Å². The standard InChI is InChI=1S/C15H22F8O2S/c1-11(2,13(17,18)14(19,20)15(21,22)23)10-26(24)25-9-7-5-6-8-12(3,4)16/h6,8H,5,7,9-10H2,1-4H3/b8-6-. The molecule has 0 spiro atoms. The van der Waals surface area contributed by atoms with E-state index in [1.807, 2.05) is 0 Å². The molecule has 0 aliphatic carbocycles. The minimum Gasteiger partial charge on any atom is -0.291 e. The van der Waals surface area contributed by atoms with Gasteiger partial charge < -0.3 is 0 Å². The molecule has 0 aromatic carbocycles. The molecule has 26 heavy (non-hydrogen) atoms. The highest BCUT2D eigenvalue weighted by Gasteiger charge is 2.77. The van der Waals surface area contributed by atoms with Crippen molar-refractivity contribution in [1.29, 1.82) is 0 Å². The van der Waals surface area contributed by atoms with E-state index in [0.717, 1.165) is 0 Å². The third-order valence-electron chi connectivity index (χ3n) is 3.32. The lowest BCUT2D eigenvalue weighted by atomic mass is 9.83. The second-order valence-electron chi connectivity index (χ2n) is 6.91. The lowest BCUT2D eigenvalue weighted by Crippen LogP contribution is -2.60. The van der Waals surface area contributed by atoms with Crippen molar-refractivity contribution in [3.63, 3.8) is 0 Å². The molecule has 0 N–H and O–H groups in total. The SMILES string of the molecule is CC(C)(F)/C=C\CCCOS(=O)CC(C)(C)C(F)(F)C(F)(F)C(F)(F)F. The van der Waals surface area contributed by atoms with Crippen LogP contribution in [0.1, 0.15) is 40.5 Å². The summed E-state index contributed by atoms with van der Waals surface area (Å²) in [5.74, 6) is -13.0. The maximum absolute atomic E-state index is 13.7. The highest BCUT2D eigenvalue weighted by molar-refractivity contribution is 7.80. The highest BCUT2D eigenvalue weighted by Crippen LogP contribution is 2.54. The molecule has 1 unspecified atom stereocenters. The van der Waals surface area contributed by atoms with E-state index in [4.69, 9.17) is 0 Å². The second kappa shape index (κ2) is 8.53. The lowest BCUT2D eigenvalue weighted by molar-refractivity contribution is -0.374. The van der Waals surface area contributed by atoms with Gasteiger partial charge in [0.05, 0.1) is 12.4 Å². The molecule has 0 saturated carbocycles. The fourth-order valence-corrected chi connectivity index (χ4v) is 2.90. The number of allylic oxidation sites excluding steroid dienone is 2. The van der Waals surface area contributed by atoms with Crippen molar-refractivity contribution in [3.05, 3.63) is 12.2 Å². The third kappa shape index (κ3) is 6.79. The number of rotatable bonds is 10. The van der Waals surface area contributed by atoms with Gasteiger partial charge in [-0.25, -0.2) is 8.60 Å². The Bertz CT molecular complexity index is 507. The van der Waals surface area contributed by atoms with Gasteiger partial charge in [-0.3, -0.25) is 4.18 Å². The Morgan fingerprint density at radius 1 is 0.885 bits per heavy atom. The van der Waals surface area contributed by atoms with Gasteiger partial charge in [-0.1, -0.05) is 26.0 Å². The van der Waals surface area contributed by atoms with E-state index in [9.17, 15) is 39.3 Å². The first kappa shape index (κ1) is 25.3. The summed E-state index contributed by atoms with van der Waals surface area (Å²) in [5, 5.41) is 0. The molecule has 0 aliphatic rings. The highest BCUT2D eigenvalue weighted by atomic mass is 32.2. The molecule has 1 atom stereocenters. The monoisotopic (exact) mass is 418 g/mol. The van der Waals surface area contributed by atoms with Gasteiger partial charge in [0.1, 0.15) is 5.67 Å². The minimum atomic E-state index is -6.45. The zero-order valence-electron chi connectivity index (χ0n) is 14.7. The summed E-state index contributed by atoms with van der Waals surface area (Å²) in [6, 6.07) is 0. The molecule has 0 aromatic rings. The van der Waals surface area contributed by atoms with Gasteiger partial charge in [-0.2, -0.15) is 30.7 Å². The third-order valence-corrected chi connectivity index (χ3v) is 4.71. The van der Waals surface area contributed by atoms with Crippen LogP contribution in [0.5, 0.6) is 0 Å². The van der Waals surface area contributed by atoms with Gasteiger partial charge in [0.25, 0.3) is 0 Å². The number of halogens is 8. The van der Waals surface area contributed by atoms with E-state index >= 15 is 0 Å². The molecule has 0 heterocycles. The van der Waals surface area contributed by atoms with Crippen LogP contribution in [0.3, 0.4) is 0 Å². The summed E-state index contributed by atoms with van der Waals surface area (Å²) < 4.78 is 120. The van der Waals surface area contributed by atoms with Crippen molar-refractivity contribution in [2.75, 3.05) is 12.4 Å². The number of hydrogen-bond acceptors (Lipinski definition) is 2. The molecule has 2 nitrogen and oxygen atoms in total. The van der Waals surface area contributed by atoms with Crippen LogP contribution in [0, 0.1) is 5.41 Å². The van der Waals surface area contributed by atoms with Crippen LogP contribution in [0.25, 0.3) is 0 Å². The minimum absolute atomic E-state index is 0.221. The molecular formula is C15H22F8O2S. The maximum atomic E-state index is 13.7. The van der Waals surface area contributed by atoms with Gasteiger partial charge in [-0.15, -0.1) is 0 Å². The van der Waals surface area contributed by atoms with Crippen LogP contribution in [0.15, 0.2) is 12.2 Å². The van der Waals surface area contributed by atoms with E-state index in [2.05, 4.69) is 4.18 Å². The summed E-state index contributed by atoms with van der Waals surface area (Å²) in [4.78, 5) is 0. The largest absolute Gasteiger partial charge is 0.459 e. The summed E-state index contributed by atoms with van der Waals surface area (Å²) >= 11 is -2.50. The normalized spacial score (nSPS) is 16.3. The predicted molar refractivity (Wildman–Crippen MR) is 82.3 cm³/mol. The van der Waals surface area contributed by atoms with Crippen molar-refractivity contribution in [2.24, 2.45) is 5.41 Å². The molecular weight excluding hydrogens is 396 g/mol. The summed E-state index contributed by atoms with van der Waals surface area (Å²) in [7, 11) is 0. The van der Waals surface area contributed by atoms with Crippen molar-refractivity contribution >= 4 is 11.1 Å². The Hall–Kier alpha value is -0.710. The van der Waals surface area contributed by atoms with E-state index in [0.29, 0.717) is 20.3 Å². The number of unbranched alkanes of at least 4 members (excludes halogenated alkanes) is 1. The molecule has 0 saturated heterocycles. The Morgan fingerprint density at radius 2 is 1.38 bits per heavy atom. The molecule has 11 heteroatoms. The molecule has 0 amide bonds. The molecule has 0 fully saturated rings. The zero-order chi connectivity index (χ0) is 21.0. The summed E-state index contributed by atoms with van der Waals surface area (Å²) in [6.07, 6.45) is -3.15.